The molecular formula is C9H11BrFN3O3S. The van der Waals surface area contributed by atoms with Crippen LogP contribution in [-0.4, -0.2) is 32.2 Å². The lowest BCUT2D eigenvalue weighted by molar-refractivity contribution is -0.118. The number of hydrogen-bond donors (Lipinski definition) is 2. The van der Waals surface area contributed by atoms with Crippen molar-refractivity contribution in [3.8, 4) is 0 Å². The highest BCUT2D eigenvalue weighted by molar-refractivity contribution is 9.10. The highest BCUT2D eigenvalue weighted by Gasteiger charge is 2.25. The van der Waals surface area contributed by atoms with Crippen LogP contribution in [0.4, 0.5) is 10.1 Å². The molecule has 0 radical (unpaired) electrons. The molecule has 1 amide bonds. The molecule has 4 N–H and O–H groups in total. The molecule has 1 rings (SSSR count). The molecule has 0 saturated heterocycles. The summed E-state index contributed by atoms with van der Waals surface area (Å²) in [5.41, 5.74) is 10.1. The largest absolute Gasteiger partial charge is 0.398 e. The van der Waals surface area contributed by atoms with Crippen LogP contribution in [0.2, 0.25) is 0 Å². The molecular weight excluding hydrogens is 329 g/mol. The Morgan fingerprint density at radius 2 is 2.06 bits per heavy atom. The molecule has 0 fully saturated rings. The maximum Gasteiger partial charge on any atom is 0.245 e. The molecule has 0 aliphatic carbocycles. The van der Waals surface area contributed by atoms with Crippen LogP contribution in [0.3, 0.4) is 0 Å². The SMILES string of the molecule is CN(CC(N)=O)S(=O)(=O)c1cc(Br)c(F)cc1N. The van der Waals surface area contributed by atoms with E-state index >= 15 is 0 Å². The van der Waals surface area contributed by atoms with Gasteiger partial charge in [0.15, 0.2) is 0 Å². The third-order valence-electron chi connectivity index (χ3n) is 2.12. The zero-order valence-corrected chi connectivity index (χ0v) is 11.8. The number of rotatable bonds is 4. The number of hydrogen-bond acceptors (Lipinski definition) is 4. The van der Waals surface area contributed by atoms with E-state index < -0.39 is 28.3 Å². The predicted molar refractivity (Wildman–Crippen MR) is 67.5 cm³/mol. The number of nitrogens with two attached hydrogens (primary N) is 2. The fraction of sp³-hybridized carbons (Fsp3) is 0.222. The summed E-state index contributed by atoms with van der Waals surface area (Å²) in [5.74, 6) is -1.48. The number of benzene rings is 1. The van der Waals surface area contributed by atoms with Gasteiger partial charge in [-0.25, -0.2) is 12.8 Å². The lowest BCUT2D eigenvalue weighted by Gasteiger charge is -2.17. The van der Waals surface area contributed by atoms with Crippen molar-refractivity contribution in [3.05, 3.63) is 22.4 Å². The molecule has 100 valence electrons. The van der Waals surface area contributed by atoms with Crippen molar-refractivity contribution >= 4 is 37.5 Å². The summed E-state index contributed by atoms with van der Waals surface area (Å²) in [4.78, 5) is 10.4. The number of nitrogen functional groups attached to an aromatic ring is 1. The third-order valence-corrected chi connectivity index (χ3v) is 4.59. The highest BCUT2D eigenvalue weighted by Crippen LogP contribution is 2.27. The molecule has 0 aliphatic heterocycles. The van der Waals surface area contributed by atoms with Crippen molar-refractivity contribution in [2.24, 2.45) is 5.73 Å². The molecule has 6 nitrogen and oxygen atoms in total. The summed E-state index contributed by atoms with van der Waals surface area (Å²) < 4.78 is 37.9. The third kappa shape index (κ3) is 2.98. The standard InChI is InChI=1S/C9H11BrFN3O3S/c1-14(4-9(13)15)18(16,17)8-2-5(10)6(11)3-7(8)12/h2-3H,4,12H2,1H3,(H2,13,15). The Bertz CT molecular complexity index is 591. The molecule has 0 spiro atoms. The average molecular weight is 340 g/mol. The topological polar surface area (TPSA) is 106 Å². The molecule has 0 unspecified atom stereocenters. The lowest BCUT2D eigenvalue weighted by Crippen LogP contribution is -2.35. The Hall–Kier alpha value is -1.19. The van der Waals surface area contributed by atoms with E-state index in [0.29, 0.717) is 0 Å². The van der Waals surface area contributed by atoms with E-state index in [0.717, 1.165) is 16.4 Å². The van der Waals surface area contributed by atoms with Gasteiger partial charge in [0.05, 0.1) is 16.7 Å². The summed E-state index contributed by atoms with van der Waals surface area (Å²) in [6.07, 6.45) is 0. The number of primary amides is 1. The second kappa shape index (κ2) is 5.21. The number of carbonyl (C=O) groups excluding carboxylic acids is 1. The van der Waals surface area contributed by atoms with Gasteiger partial charge in [0.1, 0.15) is 10.7 Å². The fourth-order valence-corrected chi connectivity index (χ4v) is 2.99. The summed E-state index contributed by atoms with van der Waals surface area (Å²) >= 11 is 2.87. The van der Waals surface area contributed by atoms with E-state index in [4.69, 9.17) is 11.5 Å². The van der Waals surface area contributed by atoms with Crippen molar-refractivity contribution in [1.29, 1.82) is 0 Å². The molecule has 0 heterocycles. The van der Waals surface area contributed by atoms with Crippen LogP contribution in [0.15, 0.2) is 21.5 Å². The monoisotopic (exact) mass is 339 g/mol. The first kappa shape index (κ1) is 14.9. The van der Waals surface area contributed by atoms with Crippen molar-refractivity contribution in [2.75, 3.05) is 19.3 Å². The summed E-state index contributed by atoms with van der Waals surface area (Å²) in [6, 6.07) is 1.92. The summed E-state index contributed by atoms with van der Waals surface area (Å²) in [5, 5.41) is 0. The number of likely N-dealkylation sites (N-methyl/N-ethyl adjacent to an activating group) is 1. The van der Waals surface area contributed by atoms with E-state index in [2.05, 4.69) is 15.9 Å². The summed E-state index contributed by atoms with van der Waals surface area (Å²) in [7, 11) is -2.82. The van der Waals surface area contributed by atoms with E-state index in [-0.39, 0.29) is 15.1 Å². The van der Waals surface area contributed by atoms with Crippen molar-refractivity contribution in [1.82, 2.24) is 4.31 Å². The van der Waals surface area contributed by atoms with Crippen molar-refractivity contribution < 1.29 is 17.6 Å². The van der Waals surface area contributed by atoms with Gasteiger partial charge < -0.3 is 11.5 Å². The van der Waals surface area contributed by atoms with Crippen LogP contribution in [0.5, 0.6) is 0 Å². The first-order chi connectivity index (χ1) is 8.16. The predicted octanol–water partition coefficient (Wildman–Crippen LogP) is 0.276. The number of anilines is 1. The van der Waals surface area contributed by atoms with Gasteiger partial charge in [-0.05, 0) is 28.1 Å². The van der Waals surface area contributed by atoms with Gasteiger partial charge in [0.25, 0.3) is 0 Å². The van der Waals surface area contributed by atoms with Crippen LogP contribution >= 0.6 is 15.9 Å². The van der Waals surface area contributed by atoms with Crippen molar-refractivity contribution in [2.45, 2.75) is 4.90 Å². The minimum Gasteiger partial charge on any atom is -0.398 e. The maximum absolute atomic E-state index is 13.1. The van der Waals surface area contributed by atoms with Gasteiger partial charge in [-0.2, -0.15) is 4.31 Å². The Kier molecular flexibility index (Phi) is 4.30. The Morgan fingerprint density at radius 3 is 2.56 bits per heavy atom. The first-order valence-electron chi connectivity index (χ1n) is 4.65. The maximum atomic E-state index is 13.1. The summed E-state index contributed by atoms with van der Waals surface area (Å²) in [6.45, 7) is -0.489. The van der Waals surface area contributed by atoms with Gasteiger partial charge in [-0.15, -0.1) is 0 Å². The zero-order chi connectivity index (χ0) is 14.1. The smallest absolute Gasteiger partial charge is 0.245 e. The van der Waals surface area contributed by atoms with Gasteiger partial charge >= 0.3 is 0 Å². The second-order valence-corrected chi connectivity index (χ2v) is 6.40. The normalized spacial score (nSPS) is 11.8. The van der Waals surface area contributed by atoms with Crippen LogP contribution in [0.1, 0.15) is 0 Å². The number of amides is 1. The molecule has 0 bridgehead atoms. The van der Waals surface area contributed by atoms with Crippen LogP contribution < -0.4 is 11.5 Å². The molecule has 18 heavy (non-hydrogen) atoms. The Labute approximate surface area is 112 Å². The molecule has 1 aromatic rings. The Morgan fingerprint density at radius 1 is 1.50 bits per heavy atom. The van der Waals surface area contributed by atoms with E-state index in [1.54, 1.807) is 0 Å². The molecule has 0 atom stereocenters. The lowest BCUT2D eigenvalue weighted by atomic mass is 10.3. The number of carbonyl (C=O) groups is 1. The zero-order valence-electron chi connectivity index (χ0n) is 9.35. The van der Waals surface area contributed by atoms with Crippen molar-refractivity contribution in [3.63, 3.8) is 0 Å². The van der Waals surface area contributed by atoms with E-state index in [9.17, 15) is 17.6 Å². The van der Waals surface area contributed by atoms with Crippen LogP contribution in [0.25, 0.3) is 0 Å². The number of nitrogens with zero attached hydrogens (tertiary/aromatic N) is 1. The van der Waals surface area contributed by atoms with Gasteiger partial charge in [-0.1, -0.05) is 0 Å². The molecule has 0 saturated carbocycles. The number of sulfonamides is 1. The minimum absolute atomic E-state index is 0.0391. The molecule has 0 aliphatic rings. The minimum atomic E-state index is -3.99. The first-order valence-corrected chi connectivity index (χ1v) is 6.88. The van der Waals surface area contributed by atoms with Gasteiger partial charge in [0, 0.05) is 7.05 Å². The van der Waals surface area contributed by atoms with Gasteiger partial charge in [-0.3, -0.25) is 4.79 Å². The number of halogens is 2. The van der Waals surface area contributed by atoms with E-state index in [1.165, 1.54) is 7.05 Å². The Balaban J connectivity index is 3.29. The van der Waals surface area contributed by atoms with Crippen LogP contribution in [0, 0.1) is 5.82 Å². The molecule has 0 aromatic heterocycles. The quantitative estimate of drug-likeness (QED) is 0.768. The fourth-order valence-electron chi connectivity index (χ4n) is 1.24. The van der Waals surface area contributed by atoms with Crippen LogP contribution in [-0.2, 0) is 14.8 Å². The molecule has 1 aromatic carbocycles. The van der Waals surface area contributed by atoms with Gasteiger partial charge in [0.2, 0.25) is 15.9 Å². The highest BCUT2D eigenvalue weighted by atomic mass is 79.9. The average Bonchev–Trinajstić information content (AvgIpc) is 2.22. The second-order valence-electron chi connectivity index (χ2n) is 3.53. The van der Waals surface area contributed by atoms with E-state index in [1.807, 2.05) is 0 Å². The molecule has 9 heteroatoms.